The van der Waals surface area contributed by atoms with E-state index in [1.54, 1.807) is 18.5 Å². The van der Waals surface area contributed by atoms with Crippen LogP contribution in [0.3, 0.4) is 0 Å². The largest absolute Gasteiger partial charge is 0.404 e. The van der Waals surface area contributed by atoms with E-state index in [9.17, 15) is 0 Å². The minimum absolute atomic E-state index is 0.392. The van der Waals surface area contributed by atoms with Crippen molar-refractivity contribution >= 4 is 17.6 Å². The van der Waals surface area contributed by atoms with E-state index >= 15 is 0 Å². The Morgan fingerprint density at radius 2 is 2.17 bits per heavy atom. The van der Waals surface area contributed by atoms with Crippen LogP contribution in [-0.2, 0) is 0 Å². The van der Waals surface area contributed by atoms with Gasteiger partial charge in [-0.05, 0) is 38.1 Å². The summed E-state index contributed by atoms with van der Waals surface area (Å²) in [5.41, 5.74) is 13.0. The standard InChI is InChI=1S/C13H19N5/c14-7-11(10-1-2-13(15)18-8-10)9-17-12-3-5-16-6-4-12/h1-2,7-9,12,16H,3-6,14H2,(H2,15,18). The predicted molar refractivity (Wildman–Crippen MR) is 75.2 cm³/mol. The summed E-state index contributed by atoms with van der Waals surface area (Å²) in [5.74, 6) is 0.505. The molecule has 2 rings (SSSR count). The molecule has 0 aliphatic carbocycles. The molecule has 18 heavy (non-hydrogen) atoms. The normalized spacial score (nSPS) is 18.3. The number of aromatic nitrogens is 1. The van der Waals surface area contributed by atoms with E-state index in [0.29, 0.717) is 11.9 Å². The van der Waals surface area contributed by atoms with Crippen molar-refractivity contribution in [1.82, 2.24) is 10.3 Å². The highest BCUT2D eigenvalue weighted by atomic mass is 14.9. The van der Waals surface area contributed by atoms with Crippen LogP contribution in [0, 0.1) is 0 Å². The molecule has 0 bridgehead atoms. The highest BCUT2D eigenvalue weighted by molar-refractivity contribution is 6.09. The van der Waals surface area contributed by atoms with Crippen LogP contribution in [0.5, 0.6) is 0 Å². The molecular formula is C13H19N5. The van der Waals surface area contributed by atoms with Crippen molar-refractivity contribution in [1.29, 1.82) is 0 Å². The summed E-state index contributed by atoms with van der Waals surface area (Å²) >= 11 is 0. The minimum atomic E-state index is 0.392. The topological polar surface area (TPSA) is 89.3 Å². The summed E-state index contributed by atoms with van der Waals surface area (Å²) in [5, 5.41) is 3.32. The van der Waals surface area contributed by atoms with Crippen LogP contribution < -0.4 is 16.8 Å². The maximum Gasteiger partial charge on any atom is 0.123 e. The number of aliphatic imine (C=N–C) groups is 1. The Morgan fingerprint density at radius 1 is 1.39 bits per heavy atom. The van der Waals surface area contributed by atoms with Gasteiger partial charge in [0.25, 0.3) is 0 Å². The highest BCUT2D eigenvalue weighted by Gasteiger charge is 2.10. The van der Waals surface area contributed by atoms with E-state index < -0.39 is 0 Å². The Kier molecular flexibility index (Phi) is 4.30. The smallest absolute Gasteiger partial charge is 0.123 e. The molecular weight excluding hydrogens is 226 g/mol. The van der Waals surface area contributed by atoms with Crippen molar-refractivity contribution in [2.75, 3.05) is 18.8 Å². The zero-order chi connectivity index (χ0) is 12.8. The summed E-state index contributed by atoms with van der Waals surface area (Å²) in [7, 11) is 0. The first-order valence-electron chi connectivity index (χ1n) is 6.17. The number of anilines is 1. The molecule has 0 aromatic carbocycles. The Morgan fingerprint density at radius 3 is 2.78 bits per heavy atom. The summed E-state index contributed by atoms with van der Waals surface area (Å²) < 4.78 is 0. The van der Waals surface area contributed by atoms with E-state index in [2.05, 4.69) is 15.3 Å². The van der Waals surface area contributed by atoms with E-state index in [-0.39, 0.29) is 0 Å². The second kappa shape index (κ2) is 6.16. The average molecular weight is 245 g/mol. The third kappa shape index (κ3) is 3.30. The van der Waals surface area contributed by atoms with Gasteiger partial charge in [-0.15, -0.1) is 0 Å². The lowest BCUT2D eigenvalue weighted by Crippen LogP contribution is -2.29. The summed E-state index contributed by atoms with van der Waals surface area (Å²) in [6.45, 7) is 2.07. The molecule has 0 unspecified atom stereocenters. The van der Waals surface area contributed by atoms with Gasteiger partial charge in [0.05, 0.1) is 6.04 Å². The molecule has 0 radical (unpaired) electrons. The zero-order valence-electron chi connectivity index (χ0n) is 10.3. The van der Waals surface area contributed by atoms with Crippen molar-refractivity contribution < 1.29 is 0 Å². The van der Waals surface area contributed by atoms with Crippen molar-refractivity contribution in [3.63, 3.8) is 0 Å². The third-order valence-corrected chi connectivity index (χ3v) is 3.03. The van der Waals surface area contributed by atoms with Crippen LogP contribution in [0.4, 0.5) is 5.82 Å². The molecule has 0 atom stereocenters. The molecule has 1 saturated heterocycles. The van der Waals surface area contributed by atoms with Crippen LogP contribution in [-0.4, -0.2) is 30.3 Å². The van der Waals surface area contributed by atoms with Gasteiger partial charge in [0, 0.05) is 29.7 Å². The van der Waals surface area contributed by atoms with Crippen LogP contribution in [0.2, 0.25) is 0 Å². The molecule has 0 spiro atoms. The van der Waals surface area contributed by atoms with Gasteiger partial charge in [0.1, 0.15) is 5.82 Å². The number of allylic oxidation sites excluding steroid dienone is 1. The molecule has 2 heterocycles. The van der Waals surface area contributed by atoms with Gasteiger partial charge >= 0.3 is 0 Å². The summed E-state index contributed by atoms with van der Waals surface area (Å²) in [6, 6.07) is 4.05. The number of hydrogen-bond acceptors (Lipinski definition) is 5. The lowest BCUT2D eigenvalue weighted by molar-refractivity contribution is 0.461. The van der Waals surface area contributed by atoms with Gasteiger partial charge < -0.3 is 16.8 Å². The van der Waals surface area contributed by atoms with Gasteiger partial charge in [-0.1, -0.05) is 0 Å². The lowest BCUT2D eigenvalue weighted by Gasteiger charge is -2.18. The van der Waals surface area contributed by atoms with Gasteiger partial charge in [0.2, 0.25) is 0 Å². The number of hydrogen-bond donors (Lipinski definition) is 3. The Bertz CT molecular complexity index is 429. The molecule has 1 aromatic rings. The minimum Gasteiger partial charge on any atom is -0.404 e. The molecule has 1 aromatic heterocycles. The molecule has 1 aliphatic rings. The average Bonchev–Trinajstić information content (AvgIpc) is 2.42. The molecule has 0 amide bonds. The Labute approximate surface area is 107 Å². The number of rotatable bonds is 3. The number of nitrogens with one attached hydrogen (secondary N) is 1. The molecule has 96 valence electrons. The molecule has 1 aliphatic heterocycles. The maximum absolute atomic E-state index is 5.63. The Balaban J connectivity index is 2.05. The van der Waals surface area contributed by atoms with Crippen LogP contribution in [0.15, 0.2) is 29.5 Å². The van der Waals surface area contributed by atoms with Crippen molar-refractivity contribution in [3.05, 3.63) is 30.1 Å². The van der Waals surface area contributed by atoms with Crippen LogP contribution >= 0.6 is 0 Å². The molecule has 5 nitrogen and oxygen atoms in total. The SMILES string of the molecule is NC=C(C=NC1CCNCC1)c1ccc(N)nc1. The Hall–Kier alpha value is -1.88. The fraction of sp³-hybridized carbons (Fsp3) is 0.385. The maximum atomic E-state index is 5.63. The molecule has 1 fully saturated rings. The van der Waals surface area contributed by atoms with Crippen molar-refractivity contribution in [3.8, 4) is 0 Å². The van der Waals surface area contributed by atoms with Gasteiger partial charge in [-0.25, -0.2) is 4.98 Å². The number of piperidine rings is 1. The van der Waals surface area contributed by atoms with E-state index in [4.69, 9.17) is 11.5 Å². The molecule has 5 heteroatoms. The second-order valence-corrected chi connectivity index (χ2v) is 4.35. The summed E-state index contributed by atoms with van der Waals surface area (Å²) in [4.78, 5) is 8.63. The van der Waals surface area contributed by atoms with E-state index in [0.717, 1.165) is 37.1 Å². The number of pyridine rings is 1. The fourth-order valence-electron chi connectivity index (χ4n) is 1.93. The first kappa shape index (κ1) is 12.6. The first-order valence-corrected chi connectivity index (χ1v) is 6.17. The lowest BCUT2D eigenvalue weighted by atomic mass is 10.1. The van der Waals surface area contributed by atoms with Crippen LogP contribution in [0.25, 0.3) is 5.57 Å². The van der Waals surface area contributed by atoms with E-state index in [1.807, 2.05) is 12.3 Å². The van der Waals surface area contributed by atoms with Gasteiger partial charge in [-0.3, -0.25) is 4.99 Å². The zero-order valence-corrected chi connectivity index (χ0v) is 10.3. The fourth-order valence-corrected chi connectivity index (χ4v) is 1.93. The number of nitrogens with zero attached hydrogens (tertiary/aromatic N) is 2. The quantitative estimate of drug-likeness (QED) is 0.687. The van der Waals surface area contributed by atoms with Gasteiger partial charge in [-0.2, -0.15) is 0 Å². The molecule has 5 N–H and O–H groups in total. The predicted octanol–water partition coefficient (Wildman–Crippen LogP) is 0.786. The monoisotopic (exact) mass is 245 g/mol. The van der Waals surface area contributed by atoms with Crippen molar-refractivity contribution in [2.24, 2.45) is 10.7 Å². The van der Waals surface area contributed by atoms with Crippen LogP contribution in [0.1, 0.15) is 18.4 Å². The first-order chi connectivity index (χ1) is 8.79. The second-order valence-electron chi connectivity index (χ2n) is 4.35. The molecule has 0 saturated carbocycles. The highest BCUT2D eigenvalue weighted by Crippen LogP contribution is 2.13. The number of nitrogen functional groups attached to an aromatic ring is 1. The van der Waals surface area contributed by atoms with E-state index in [1.165, 1.54) is 0 Å². The number of nitrogens with two attached hydrogens (primary N) is 2. The third-order valence-electron chi connectivity index (χ3n) is 3.03. The van der Waals surface area contributed by atoms with Gasteiger partial charge in [0.15, 0.2) is 0 Å². The van der Waals surface area contributed by atoms with Crippen molar-refractivity contribution in [2.45, 2.75) is 18.9 Å². The summed E-state index contributed by atoms with van der Waals surface area (Å²) in [6.07, 6.45) is 7.26.